The summed E-state index contributed by atoms with van der Waals surface area (Å²) in [4.78, 5) is 12.6. The van der Waals surface area contributed by atoms with E-state index in [4.69, 9.17) is 4.74 Å². The number of hydrogen-bond acceptors (Lipinski definition) is 7. The van der Waals surface area contributed by atoms with Crippen LogP contribution in [0, 0.1) is 13.8 Å². The number of thiophene rings is 1. The van der Waals surface area contributed by atoms with Crippen LogP contribution in [0.15, 0.2) is 0 Å². The van der Waals surface area contributed by atoms with Crippen molar-refractivity contribution in [3.8, 4) is 0 Å². The van der Waals surface area contributed by atoms with Gasteiger partial charge in [-0.25, -0.2) is 21.6 Å². The molecule has 120 valence electrons. The maximum Gasteiger partial charge on any atom is 0.341 e. The minimum Gasteiger partial charge on any atom is -0.462 e. The highest BCUT2D eigenvalue weighted by atomic mass is 32.3. The second-order valence-electron chi connectivity index (χ2n) is 4.47. The molecule has 0 saturated heterocycles. The lowest BCUT2D eigenvalue weighted by Gasteiger charge is -2.08. The molecular formula is C11H17NO6S3. The van der Waals surface area contributed by atoms with Crippen molar-refractivity contribution < 1.29 is 26.4 Å². The zero-order valence-corrected chi connectivity index (χ0v) is 14.5. The molecule has 1 N–H and O–H groups in total. The lowest BCUT2D eigenvalue weighted by atomic mass is 10.2. The van der Waals surface area contributed by atoms with Gasteiger partial charge in [0.15, 0.2) is 14.9 Å². The lowest BCUT2D eigenvalue weighted by Crippen LogP contribution is -2.23. The van der Waals surface area contributed by atoms with Crippen molar-refractivity contribution >= 4 is 42.2 Å². The van der Waals surface area contributed by atoms with Crippen molar-refractivity contribution in [2.45, 2.75) is 20.8 Å². The van der Waals surface area contributed by atoms with Crippen LogP contribution in [0.25, 0.3) is 0 Å². The average Bonchev–Trinajstić information content (AvgIpc) is 2.50. The number of carbonyl (C=O) groups is 1. The number of nitrogens with one attached hydrogen (secondary N) is 1. The Balaban J connectivity index is 3.21. The van der Waals surface area contributed by atoms with Crippen LogP contribution in [-0.2, 0) is 24.6 Å². The average molecular weight is 355 g/mol. The van der Waals surface area contributed by atoms with E-state index >= 15 is 0 Å². The monoisotopic (exact) mass is 355 g/mol. The first-order valence-electron chi connectivity index (χ1n) is 5.92. The summed E-state index contributed by atoms with van der Waals surface area (Å²) in [5, 5.41) is -0.967. The molecule has 7 nitrogen and oxygen atoms in total. The number of aryl methyl sites for hydroxylation is 1. The first-order chi connectivity index (χ1) is 9.47. The Morgan fingerprint density at radius 2 is 1.81 bits per heavy atom. The van der Waals surface area contributed by atoms with E-state index in [9.17, 15) is 21.6 Å². The van der Waals surface area contributed by atoms with E-state index in [0.29, 0.717) is 5.56 Å². The van der Waals surface area contributed by atoms with Crippen LogP contribution < -0.4 is 4.72 Å². The van der Waals surface area contributed by atoms with Gasteiger partial charge >= 0.3 is 5.97 Å². The van der Waals surface area contributed by atoms with Crippen LogP contribution in [0.1, 0.15) is 27.7 Å². The number of sulfonamides is 1. The van der Waals surface area contributed by atoms with Crippen LogP contribution in [0.2, 0.25) is 0 Å². The Labute approximate surface area is 128 Å². The molecule has 0 saturated carbocycles. The largest absolute Gasteiger partial charge is 0.462 e. The smallest absolute Gasteiger partial charge is 0.341 e. The van der Waals surface area contributed by atoms with Gasteiger partial charge in [-0.15, -0.1) is 11.3 Å². The Morgan fingerprint density at radius 1 is 1.24 bits per heavy atom. The van der Waals surface area contributed by atoms with Crippen molar-refractivity contribution in [1.82, 2.24) is 0 Å². The molecule has 1 rings (SSSR count). The number of esters is 1. The molecule has 0 unspecified atom stereocenters. The molecule has 0 spiro atoms. The number of anilines is 1. The Kier molecular flexibility index (Phi) is 5.40. The maximum atomic E-state index is 11.9. The standard InChI is InChI=1S/C11H17NO6S3/c1-5-18-11(13)9-7(2)8(3)19-10(9)12-21(16,17)6-20(4,14)15/h12H,5-6H2,1-4H3. The van der Waals surface area contributed by atoms with Gasteiger partial charge in [-0.2, -0.15) is 0 Å². The predicted octanol–water partition coefficient (Wildman–Crippen LogP) is 1.29. The molecule has 0 amide bonds. The summed E-state index contributed by atoms with van der Waals surface area (Å²) in [6.07, 6.45) is 0.823. The molecular weight excluding hydrogens is 338 g/mol. The molecule has 0 aromatic carbocycles. The quantitative estimate of drug-likeness (QED) is 0.771. The summed E-state index contributed by atoms with van der Waals surface area (Å²) in [7, 11) is -7.81. The molecule has 0 aliphatic heterocycles. The third-order valence-corrected chi connectivity index (χ3v) is 7.20. The van der Waals surface area contributed by atoms with E-state index < -0.39 is 30.9 Å². The summed E-state index contributed by atoms with van der Waals surface area (Å²) in [6.45, 7) is 5.20. The Hall–Kier alpha value is -1.13. The molecule has 0 aliphatic rings. The second-order valence-corrected chi connectivity index (χ2v) is 9.92. The minimum atomic E-state index is -4.10. The fourth-order valence-electron chi connectivity index (χ4n) is 1.60. The van der Waals surface area contributed by atoms with Crippen molar-refractivity contribution in [1.29, 1.82) is 0 Å². The summed E-state index contributed by atoms with van der Waals surface area (Å²) in [5.74, 6) is -0.642. The van der Waals surface area contributed by atoms with Gasteiger partial charge in [-0.1, -0.05) is 0 Å². The van der Waals surface area contributed by atoms with Gasteiger partial charge in [0, 0.05) is 11.1 Å². The fourth-order valence-corrected chi connectivity index (χ4v) is 5.92. The highest BCUT2D eigenvalue weighted by Gasteiger charge is 2.25. The maximum absolute atomic E-state index is 11.9. The normalized spacial score (nSPS) is 12.2. The van der Waals surface area contributed by atoms with E-state index in [-0.39, 0.29) is 17.2 Å². The highest BCUT2D eigenvalue weighted by molar-refractivity contribution is 8.08. The lowest BCUT2D eigenvalue weighted by molar-refractivity contribution is 0.0527. The predicted molar refractivity (Wildman–Crippen MR) is 82.0 cm³/mol. The molecule has 1 aromatic rings. The molecule has 10 heteroatoms. The van der Waals surface area contributed by atoms with Crippen molar-refractivity contribution in [2.75, 3.05) is 22.7 Å². The second kappa shape index (κ2) is 6.32. The van der Waals surface area contributed by atoms with Crippen molar-refractivity contribution in [2.24, 2.45) is 0 Å². The molecule has 1 heterocycles. The first kappa shape index (κ1) is 17.9. The van der Waals surface area contributed by atoms with E-state index in [1.807, 2.05) is 0 Å². The minimum absolute atomic E-state index is 0.0760. The summed E-state index contributed by atoms with van der Waals surface area (Å²) >= 11 is 1.06. The molecule has 0 atom stereocenters. The molecule has 0 fully saturated rings. The van der Waals surface area contributed by atoms with E-state index in [0.717, 1.165) is 22.5 Å². The van der Waals surface area contributed by atoms with Crippen LogP contribution in [-0.4, -0.2) is 40.8 Å². The van der Waals surface area contributed by atoms with E-state index in [1.54, 1.807) is 20.8 Å². The third kappa shape index (κ3) is 4.97. The number of rotatable bonds is 6. The first-order valence-corrected chi connectivity index (χ1v) is 10.4. The molecule has 0 radical (unpaired) electrons. The topological polar surface area (TPSA) is 107 Å². The van der Waals surface area contributed by atoms with Crippen LogP contribution >= 0.6 is 11.3 Å². The van der Waals surface area contributed by atoms with Gasteiger partial charge in [0.25, 0.3) is 0 Å². The van der Waals surface area contributed by atoms with Crippen LogP contribution in [0.4, 0.5) is 5.00 Å². The zero-order valence-electron chi connectivity index (χ0n) is 12.1. The number of sulfone groups is 1. The molecule has 1 aromatic heterocycles. The van der Waals surface area contributed by atoms with Gasteiger partial charge in [-0.3, -0.25) is 4.72 Å². The highest BCUT2D eigenvalue weighted by Crippen LogP contribution is 2.33. The summed E-state index contributed by atoms with van der Waals surface area (Å²) < 4.78 is 53.0. The van der Waals surface area contributed by atoms with E-state index in [2.05, 4.69) is 4.72 Å². The van der Waals surface area contributed by atoms with E-state index in [1.165, 1.54) is 0 Å². The SMILES string of the molecule is CCOC(=O)c1c(NS(=O)(=O)CS(C)(=O)=O)sc(C)c1C. The Morgan fingerprint density at radius 3 is 2.29 bits per heavy atom. The number of hydrogen-bond donors (Lipinski definition) is 1. The van der Waals surface area contributed by atoms with Gasteiger partial charge in [0.2, 0.25) is 10.0 Å². The summed E-state index contributed by atoms with van der Waals surface area (Å²) in [5.41, 5.74) is 0.729. The molecule has 0 bridgehead atoms. The Bertz CT molecular complexity index is 745. The van der Waals surface area contributed by atoms with Crippen LogP contribution in [0.3, 0.4) is 0 Å². The van der Waals surface area contributed by atoms with Gasteiger partial charge in [0.1, 0.15) is 5.00 Å². The van der Waals surface area contributed by atoms with Crippen LogP contribution in [0.5, 0.6) is 0 Å². The number of ether oxygens (including phenoxy) is 1. The summed E-state index contributed by atoms with van der Waals surface area (Å²) in [6, 6.07) is 0. The number of carbonyl (C=O) groups excluding carboxylic acids is 1. The van der Waals surface area contributed by atoms with Gasteiger partial charge in [-0.05, 0) is 26.3 Å². The fraction of sp³-hybridized carbons (Fsp3) is 0.545. The van der Waals surface area contributed by atoms with Crippen molar-refractivity contribution in [3.63, 3.8) is 0 Å². The van der Waals surface area contributed by atoms with Gasteiger partial charge < -0.3 is 4.74 Å². The molecule has 0 aliphatic carbocycles. The zero-order chi connectivity index (χ0) is 16.4. The molecule has 21 heavy (non-hydrogen) atoms. The third-order valence-electron chi connectivity index (χ3n) is 2.48. The van der Waals surface area contributed by atoms with Crippen molar-refractivity contribution in [3.05, 3.63) is 16.0 Å². The van der Waals surface area contributed by atoms with Gasteiger partial charge in [0.05, 0.1) is 12.2 Å².